The van der Waals surface area contributed by atoms with Gasteiger partial charge >= 0.3 is 0 Å². The lowest BCUT2D eigenvalue weighted by Gasteiger charge is -2.25. The summed E-state index contributed by atoms with van der Waals surface area (Å²) in [7, 11) is 0. The number of aryl methyl sites for hydroxylation is 1. The Morgan fingerprint density at radius 1 is 1.00 bits per heavy atom. The highest BCUT2D eigenvalue weighted by Gasteiger charge is 2.30. The van der Waals surface area contributed by atoms with Gasteiger partial charge in [0.1, 0.15) is 16.8 Å². The Balaban J connectivity index is 1.57. The fraction of sp³-hybridized carbons (Fsp3) is 0.174. The number of amides is 1. The van der Waals surface area contributed by atoms with Crippen molar-refractivity contribution in [2.24, 2.45) is 0 Å². The van der Waals surface area contributed by atoms with Gasteiger partial charge in [0.15, 0.2) is 5.60 Å². The Morgan fingerprint density at radius 3 is 2.30 bits per heavy atom. The number of rotatable bonds is 5. The van der Waals surface area contributed by atoms with Crippen LogP contribution in [0.15, 0.2) is 71.2 Å². The van der Waals surface area contributed by atoms with Crippen LogP contribution in [0.1, 0.15) is 19.4 Å². The number of ether oxygens (including phenoxy) is 1. The van der Waals surface area contributed by atoms with Crippen molar-refractivity contribution in [3.8, 4) is 11.4 Å². The third-order valence-electron chi connectivity index (χ3n) is 4.70. The average molecular weight is 465 g/mol. The largest absolute Gasteiger partial charge is 0.478 e. The summed E-state index contributed by atoms with van der Waals surface area (Å²) in [5.41, 5.74) is 2.86. The summed E-state index contributed by atoms with van der Waals surface area (Å²) in [6, 6.07) is 20.8. The summed E-state index contributed by atoms with van der Waals surface area (Å²) in [6.07, 6.45) is 0. The minimum absolute atomic E-state index is 0.247. The van der Waals surface area contributed by atoms with Gasteiger partial charge < -0.3 is 10.1 Å². The van der Waals surface area contributed by atoms with Crippen molar-refractivity contribution in [2.45, 2.75) is 26.4 Å². The van der Waals surface area contributed by atoms with Crippen molar-refractivity contribution in [3.63, 3.8) is 0 Å². The molecule has 0 atom stereocenters. The minimum Gasteiger partial charge on any atom is -0.478 e. The second-order valence-corrected chi connectivity index (χ2v) is 8.42. The molecule has 1 N–H and O–H groups in total. The van der Waals surface area contributed by atoms with Crippen LogP contribution < -0.4 is 10.1 Å². The molecule has 0 fully saturated rings. The van der Waals surface area contributed by atoms with E-state index < -0.39 is 5.60 Å². The van der Waals surface area contributed by atoms with E-state index in [0.717, 1.165) is 21.2 Å². The molecule has 30 heavy (non-hydrogen) atoms. The fourth-order valence-corrected chi connectivity index (χ4v) is 3.26. The first kappa shape index (κ1) is 20.1. The van der Waals surface area contributed by atoms with Gasteiger partial charge in [-0.1, -0.05) is 34.1 Å². The highest BCUT2D eigenvalue weighted by atomic mass is 79.9. The summed E-state index contributed by atoms with van der Waals surface area (Å²) in [4.78, 5) is 14.5. The molecule has 0 aliphatic carbocycles. The van der Waals surface area contributed by atoms with Crippen LogP contribution in [0, 0.1) is 6.92 Å². The molecule has 152 valence electrons. The zero-order valence-corrected chi connectivity index (χ0v) is 18.5. The second-order valence-electron chi connectivity index (χ2n) is 7.50. The summed E-state index contributed by atoms with van der Waals surface area (Å²) in [5, 5.41) is 12.1. The number of carbonyl (C=O) groups excluding carboxylic acids is 1. The number of hydrogen-bond donors (Lipinski definition) is 1. The van der Waals surface area contributed by atoms with Crippen LogP contribution in [-0.2, 0) is 4.79 Å². The normalized spacial score (nSPS) is 11.5. The Kier molecular flexibility index (Phi) is 5.30. The second kappa shape index (κ2) is 7.91. The number of nitrogens with one attached hydrogen (secondary N) is 1. The number of hydrogen-bond acceptors (Lipinski definition) is 4. The lowest BCUT2D eigenvalue weighted by atomic mass is 10.1. The van der Waals surface area contributed by atoms with Gasteiger partial charge in [0.25, 0.3) is 5.91 Å². The molecule has 0 saturated heterocycles. The zero-order chi connectivity index (χ0) is 21.3. The van der Waals surface area contributed by atoms with E-state index in [4.69, 9.17) is 4.74 Å². The van der Waals surface area contributed by atoms with Gasteiger partial charge in [-0.2, -0.15) is 4.80 Å². The van der Waals surface area contributed by atoms with Crippen molar-refractivity contribution in [3.05, 3.63) is 76.8 Å². The highest BCUT2D eigenvalue weighted by Crippen LogP contribution is 2.25. The molecule has 0 unspecified atom stereocenters. The fourth-order valence-electron chi connectivity index (χ4n) is 3.00. The van der Waals surface area contributed by atoms with Gasteiger partial charge in [-0.05, 0) is 74.9 Å². The van der Waals surface area contributed by atoms with Gasteiger partial charge in [-0.15, -0.1) is 10.2 Å². The minimum atomic E-state index is -1.06. The van der Waals surface area contributed by atoms with Crippen LogP contribution >= 0.6 is 15.9 Å². The summed E-state index contributed by atoms with van der Waals surface area (Å²) >= 11 is 3.39. The molecule has 1 amide bonds. The molecule has 3 aromatic carbocycles. The molecule has 4 rings (SSSR count). The smallest absolute Gasteiger partial charge is 0.267 e. The van der Waals surface area contributed by atoms with E-state index in [-0.39, 0.29) is 5.91 Å². The molecule has 1 aromatic heterocycles. The van der Waals surface area contributed by atoms with Gasteiger partial charge in [-0.3, -0.25) is 4.79 Å². The third kappa shape index (κ3) is 4.21. The Labute approximate surface area is 183 Å². The summed E-state index contributed by atoms with van der Waals surface area (Å²) in [5.74, 6) is 0.375. The molecule has 0 aliphatic rings. The number of benzene rings is 3. The SMILES string of the molecule is Cc1cc2nn(-c3ccccc3)nc2cc1NC(=O)C(C)(C)Oc1ccc(Br)cc1. The van der Waals surface area contributed by atoms with E-state index in [9.17, 15) is 4.79 Å². The van der Waals surface area contributed by atoms with E-state index in [1.54, 1.807) is 18.6 Å². The maximum Gasteiger partial charge on any atom is 0.267 e. The third-order valence-corrected chi connectivity index (χ3v) is 5.22. The maximum atomic E-state index is 12.9. The topological polar surface area (TPSA) is 69.0 Å². The van der Waals surface area contributed by atoms with E-state index in [0.29, 0.717) is 17.0 Å². The monoisotopic (exact) mass is 464 g/mol. The molecule has 0 bridgehead atoms. The van der Waals surface area contributed by atoms with E-state index in [2.05, 4.69) is 31.4 Å². The molecule has 7 heteroatoms. The van der Waals surface area contributed by atoms with E-state index in [1.807, 2.05) is 73.7 Å². The predicted octanol–water partition coefficient (Wildman–Crippen LogP) is 5.29. The molecule has 0 spiro atoms. The number of carbonyl (C=O) groups is 1. The number of fused-ring (bicyclic) bond motifs is 1. The molecule has 0 aliphatic heterocycles. The number of para-hydroxylation sites is 1. The van der Waals surface area contributed by atoms with Gasteiger partial charge in [0.05, 0.1) is 5.69 Å². The average Bonchev–Trinajstić information content (AvgIpc) is 3.13. The van der Waals surface area contributed by atoms with Crippen molar-refractivity contribution in [2.75, 3.05) is 5.32 Å². The standard InChI is InChI=1S/C23H21BrN4O2/c1-15-13-20-21(27-28(26-20)17-7-5-4-6-8-17)14-19(15)25-22(29)23(2,3)30-18-11-9-16(24)10-12-18/h4-14H,1-3H3,(H,25,29). The molecule has 0 saturated carbocycles. The predicted molar refractivity (Wildman–Crippen MR) is 121 cm³/mol. The molecule has 4 aromatic rings. The first-order valence-corrected chi connectivity index (χ1v) is 10.3. The van der Waals surface area contributed by atoms with Crippen molar-refractivity contribution < 1.29 is 9.53 Å². The first-order valence-electron chi connectivity index (χ1n) is 9.51. The van der Waals surface area contributed by atoms with Crippen LogP contribution in [0.3, 0.4) is 0 Å². The number of anilines is 1. The van der Waals surface area contributed by atoms with Gasteiger partial charge in [0, 0.05) is 10.2 Å². The Hall–Kier alpha value is -3.19. The van der Waals surface area contributed by atoms with Gasteiger partial charge in [-0.25, -0.2) is 0 Å². The molecule has 0 radical (unpaired) electrons. The van der Waals surface area contributed by atoms with E-state index >= 15 is 0 Å². The molecular weight excluding hydrogens is 444 g/mol. The lowest BCUT2D eigenvalue weighted by Crippen LogP contribution is -2.42. The van der Waals surface area contributed by atoms with Crippen LogP contribution in [0.2, 0.25) is 0 Å². The molecular formula is C23H21BrN4O2. The van der Waals surface area contributed by atoms with Crippen LogP contribution in [0.25, 0.3) is 16.7 Å². The van der Waals surface area contributed by atoms with E-state index in [1.165, 1.54) is 0 Å². The summed E-state index contributed by atoms with van der Waals surface area (Å²) < 4.78 is 6.86. The number of nitrogens with zero attached hydrogens (tertiary/aromatic N) is 3. The van der Waals surface area contributed by atoms with Crippen molar-refractivity contribution in [1.82, 2.24) is 15.0 Å². The highest BCUT2D eigenvalue weighted by molar-refractivity contribution is 9.10. The van der Waals surface area contributed by atoms with Gasteiger partial charge in [0.2, 0.25) is 0 Å². The summed E-state index contributed by atoms with van der Waals surface area (Å²) in [6.45, 7) is 5.41. The first-order chi connectivity index (χ1) is 14.3. The Bertz CT molecular complexity index is 1200. The Morgan fingerprint density at radius 2 is 1.63 bits per heavy atom. The molecule has 6 nitrogen and oxygen atoms in total. The van der Waals surface area contributed by atoms with Crippen molar-refractivity contribution >= 4 is 38.6 Å². The number of aromatic nitrogens is 3. The lowest BCUT2D eigenvalue weighted by molar-refractivity contribution is -0.128. The quantitative estimate of drug-likeness (QED) is 0.435. The van der Waals surface area contributed by atoms with Crippen LogP contribution in [-0.4, -0.2) is 26.5 Å². The zero-order valence-electron chi connectivity index (χ0n) is 16.9. The molecule has 1 heterocycles. The van der Waals surface area contributed by atoms with Crippen LogP contribution in [0.4, 0.5) is 5.69 Å². The number of halogens is 1. The van der Waals surface area contributed by atoms with Crippen LogP contribution in [0.5, 0.6) is 5.75 Å². The maximum absolute atomic E-state index is 12.9. The van der Waals surface area contributed by atoms with Crippen molar-refractivity contribution in [1.29, 1.82) is 0 Å².